The second-order valence-corrected chi connectivity index (χ2v) is 3.45. The van der Waals surface area contributed by atoms with E-state index in [9.17, 15) is 8.78 Å². The Hall–Kier alpha value is -2.50. The molecule has 2 rings (SSSR count). The molecule has 92 valence electrons. The van der Waals surface area contributed by atoms with Crippen molar-refractivity contribution in [3.05, 3.63) is 53.7 Å². The number of nitrogens with zero attached hydrogens (tertiary/aromatic N) is 1. The Morgan fingerprint density at radius 2 is 2.06 bits per heavy atom. The van der Waals surface area contributed by atoms with Gasteiger partial charge in [0.05, 0.1) is 5.56 Å². The molecule has 1 aromatic carbocycles. The minimum Gasteiger partial charge on any atom is -0.435 e. The molecule has 0 bridgehead atoms. The second-order valence-electron chi connectivity index (χ2n) is 3.45. The summed E-state index contributed by atoms with van der Waals surface area (Å²) < 4.78 is 31.5. The van der Waals surface area contributed by atoms with Gasteiger partial charge in [-0.15, -0.1) is 0 Å². The number of amidine groups is 1. The Labute approximate surface area is 102 Å². The van der Waals surface area contributed by atoms with Gasteiger partial charge >= 0.3 is 0 Å². The highest BCUT2D eigenvalue weighted by molar-refractivity contribution is 5.97. The second kappa shape index (κ2) is 4.79. The molecular weight excluding hydrogens is 240 g/mol. The van der Waals surface area contributed by atoms with Gasteiger partial charge in [0.1, 0.15) is 11.7 Å². The van der Waals surface area contributed by atoms with E-state index in [2.05, 4.69) is 4.98 Å². The van der Waals surface area contributed by atoms with Crippen LogP contribution in [-0.2, 0) is 0 Å². The normalized spacial score (nSPS) is 10.1. The zero-order chi connectivity index (χ0) is 13.1. The first-order valence-electron chi connectivity index (χ1n) is 5.00. The molecule has 4 nitrogen and oxygen atoms in total. The van der Waals surface area contributed by atoms with Crippen LogP contribution in [-0.4, -0.2) is 10.8 Å². The number of nitrogens with two attached hydrogens (primary N) is 1. The average Bonchev–Trinajstić information content (AvgIpc) is 2.34. The highest BCUT2D eigenvalue weighted by atomic mass is 19.1. The van der Waals surface area contributed by atoms with Crippen molar-refractivity contribution in [2.75, 3.05) is 0 Å². The maximum absolute atomic E-state index is 13.4. The van der Waals surface area contributed by atoms with Crippen molar-refractivity contribution in [1.29, 1.82) is 5.41 Å². The van der Waals surface area contributed by atoms with Crippen molar-refractivity contribution in [3.63, 3.8) is 0 Å². The van der Waals surface area contributed by atoms with Crippen LogP contribution >= 0.6 is 0 Å². The number of aromatic nitrogens is 1. The van der Waals surface area contributed by atoms with Crippen LogP contribution in [0.25, 0.3) is 0 Å². The fourth-order valence-electron chi connectivity index (χ4n) is 1.34. The fourth-order valence-corrected chi connectivity index (χ4v) is 1.34. The predicted octanol–water partition coefficient (Wildman–Crippen LogP) is 2.44. The Kier molecular flexibility index (Phi) is 3.18. The largest absolute Gasteiger partial charge is 0.435 e. The molecule has 2 aromatic rings. The maximum Gasteiger partial charge on any atom is 0.230 e. The van der Waals surface area contributed by atoms with Crippen LogP contribution in [0.3, 0.4) is 0 Å². The zero-order valence-corrected chi connectivity index (χ0v) is 9.15. The number of pyridine rings is 1. The summed E-state index contributed by atoms with van der Waals surface area (Å²) in [6.45, 7) is 0. The molecule has 1 heterocycles. The van der Waals surface area contributed by atoms with E-state index in [4.69, 9.17) is 15.9 Å². The highest BCUT2D eigenvalue weighted by Gasteiger charge is 2.12. The van der Waals surface area contributed by atoms with Crippen LogP contribution in [0.15, 0.2) is 36.5 Å². The first-order chi connectivity index (χ1) is 8.58. The predicted molar refractivity (Wildman–Crippen MR) is 61.7 cm³/mol. The third-order valence-corrected chi connectivity index (χ3v) is 2.16. The first-order valence-corrected chi connectivity index (χ1v) is 5.00. The zero-order valence-electron chi connectivity index (χ0n) is 9.15. The van der Waals surface area contributed by atoms with Gasteiger partial charge in [-0.3, -0.25) is 5.41 Å². The van der Waals surface area contributed by atoms with Gasteiger partial charge in [0.2, 0.25) is 5.88 Å². The Morgan fingerprint density at radius 1 is 1.28 bits per heavy atom. The van der Waals surface area contributed by atoms with Crippen molar-refractivity contribution < 1.29 is 13.5 Å². The Balaban J connectivity index is 2.40. The van der Waals surface area contributed by atoms with Gasteiger partial charge in [-0.05, 0) is 24.3 Å². The number of ether oxygens (including phenoxy) is 1. The number of rotatable bonds is 3. The van der Waals surface area contributed by atoms with Gasteiger partial charge in [0, 0.05) is 12.3 Å². The molecule has 18 heavy (non-hydrogen) atoms. The van der Waals surface area contributed by atoms with Gasteiger partial charge in [-0.1, -0.05) is 0 Å². The summed E-state index contributed by atoms with van der Waals surface area (Å²) in [6, 6.07) is 5.88. The van der Waals surface area contributed by atoms with Crippen LogP contribution in [0.4, 0.5) is 8.78 Å². The summed E-state index contributed by atoms with van der Waals surface area (Å²) in [7, 11) is 0. The summed E-state index contributed by atoms with van der Waals surface area (Å²) in [6.07, 6.45) is 1.40. The Bertz CT molecular complexity index is 602. The maximum atomic E-state index is 13.4. The van der Waals surface area contributed by atoms with Gasteiger partial charge in [-0.25, -0.2) is 13.8 Å². The summed E-state index contributed by atoms with van der Waals surface area (Å²) >= 11 is 0. The molecule has 0 saturated carbocycles. The van der Waals surface area contributed by atoms with Crippen molar-refractivity contribution in [1.82, 2.24) is 4.98 Å². The van der Waals surface area contributed by atoms with Crippen LogP contribution in [0, 0.1) is 17.0 Å². The third kappa shape index (κ3) is 2.42. The number of halogens is 2. The molecule has 0 atom stereocenters. The van der Waals surface area contributed by atoms with Gasteiger partial charge < -0.3 is 10.5 Å². The van der Waals surface area contributed by atoms with E-state index in [1.807, 2.05) is 0 Å². The molecule has 0 aliphatic carbocycles. The molecular formula is C12H9F2N3O. The lowest BCUT2D eigenvalue weighted by atomic mass is 10.2. The number of benzene rings is 1. The summed E-state index contributed by atoms with van der Waals surface area (Å²) in [4.78, 5) is 3.83. The minimum absolute atomic E-state index is 0.0468. The topological polar surface area (TPSA) is 72.0 Å². The first kappa shape index (κ1) is 12.0. The quantitative estimate of drug-likeness (QED) is 0.648. The van der Waals surface area contributed by atoms with Crippen molar-refractivity contribution in [2.24, 2.45) is 5.73 Å². The van der Waals surface area contributed by atoms with Crippen molar-refractivity contribution in [3.8, 4) is 11.6 Å². The Morgan fingerprint density at radius 3 is 2.78 bits per heavy atom. The van der Waals surface area contributed by atoms with Crippen LogP contribution in [0.1, 0.15) is 5.56 Å². The summed E-state index contributed by atoms with van der Waals surface area (Å²) in [5, 5.41) is 7.33. The van der Waals surface area contributed by atoms with Gasteiger partial charge in [-0.2, -0.15) is 0 Å². The molecule has 1 aromatic heterocycles. The molecule has 6 heteroatoms. The molecule has 0 aliphatic heterocycles. The summed E-state index contributed by atoms with van der Waals surface area (Å²) in [5.74, 6) is -1.98. The molecule has 0 saturated heterocycles. The number of hydrogen-bond donors (Lipinski definition) is 2. The van der Waals surface area contributed by atoms with E-state index in [0.29, 0.717) is 0 Å². The molecule has 0 unspecified atom stereocenters. The van der Waals surface area contributed by atoms with E-state index < -0.39 is 11.6 Å². The van der Waals surface area contributed by atoms with Gasteiger partial charge in [0.15, 0.2) is 11.6 Å². The molecule has 0 fully saturated rings. The molecule has 0 amide bonds. The van der Waals surface area contributed by atoms with Crippen LogP contribution in [0.5, 0.6) is 11.6 Å². The molecule has 0 radical (unpaired) electrons. The third-order valence-electron chi connectivity index (χ3n) is 2.16. The van der Waals surface area contributed by atoms with Crippen molar-refractivity contribution in [2.45, 2.75) is 0 Å². The number of hydrogen-bond acceptors (Lipinski definition) is 3. The minimum atomic E-state index is -0.725. The fraction of sp³-hybridized carbons (Fsp3) is 0. The monoisotopic (exact) mass is 249 g/mol. The summed E-state index contributed by atoms with van der Waals surface area (Å²) in [5.41, 5.74) is 5.54. The molecule has 0 aliphatic rings. The van der Waals surface area contributed by atoms with Crippen molar-refractivity contribution >= 4 is 5.84 Å². The van der Waals surface area contributed by atoms with E-state index >= 15 is 0 Å². The van der Waals surface area contributed by atoms with Crippen LogP contribution in [0.2, 0.25) is 0 Å². The lowest BCUT2D eigenvalue weighted by Crippen LogP contribution is -2.13. The van der Waals surface area contributed by atoms with E-state index in [-0.39, 0.29) is 23.0 Å². The average molecular weight is 249 g/mol. The molecule has 3 N–H and O–H groups in total. The standard InChI is InChI=1S/C12H9F2N3O/c13-7-3-4-9(14)10(6-7)18-12-8(11(15)16)2-1-5-17-12/h1-6H,(H3,15,16). The smallest absolute Gasteiger partial charge is 0.230 e. The highest BCUT2D eigenvalue weighted by Crippen LogP contribution is 2.25. The SMILES string of the molecule is N=C(N)c1cccnc1Oc1cc(F)ccc1F. The van der Waals surface area contributed by atoms with E-state index in [1.54, 1.807) is 6.07 Å². The number of nitrogen functional groups attached to an aromatic ring is 1. The van der Waals surface area contributed by atoms with Gasteiger partial charge in [0.25, 0.3) is 0 Å². The number of nitrogens with one attached hydrogen (secondary N) is 1. The lowest BCUT2D eigenvalue weighted by Gasteiger charge is -2.09. The molecule has 0 spiro atoms. The lowest BCUT2D eigenvalue weighted by molar-refractivity contribution is 0.421. The van der Waals surface area contributed by atoms with Crippen LogP contribution < -0.4 is 10.5 Å². The van der Waals surface area contributed by atoms with E-state index in [0.717, 1.165) is 18.2 Å². The van der Waals surface area contributed by atoms with E-state index in [1.165, 1.54) is 12.3 Å².